The maximum Gasteiger partial charge on any atom is 0.325 e. The third-order valence-electron chi connectivity index (χ3n) is 4.90. The summed E-state index contributed by atoms with van der Waals surface area (Å²) in [6.07, 6.45) is 3.70. The summed E-state index contributed by atoms with van der Waals surface area (Å²) in [6, 6.07) is 5.31. The number of halogens is 1. The second kappa shape index (κ2) is 6.18. The average Bonchev–Trinajstić information content (AvgIpc) is 2.77. The predicted molar refractivity (Wildman–Crippen MR) is 82.5 cm³/mol. The van der Waals surface area contributed by atoms with E-state index in [0.29, 0.717) is 12.2 Å². The highest BCUT2D eigenvalue weighted by atomic mass is 19.1. The molecule has 1 heterocycles. The fourth-order valence-corrected chi connectivity index (χ4v) is 3.48. The van der Waals surface area contributed by atoms with Crippen molar-refractivity contribution >= 4 is 11.9 Å². The minimum absolute atomic E-state index is 0.141. The highest BCUT2D eigenvalue weighted by molar-refractivity contribution is 6.07. The Balaban J connectivity index is 1.61. The zero-order valence-electron chi connectivity index (χ0n) is 13.2. The number of benzene rings is 1. The molecule has 0 bridgehead atoms. The van der Waals surface area contributed by atoms with Gasteiger partial charge in [0.1, 0.15) is 23.7 Å². The van der Waals surface area contributed by atoms with Gasteiger partial charge in [-0.05, 0) is 43.0 Å². The Morgan fingerprint density at radius 1 is 1.30 bits per heavy atom. The second-order valence-corrected chi connectivity index (χ2v) is 6.31. The lowest BCUT2D eigenvalue weighted by Crippen LogP contribution is -2.54. The van der Waals surface area contributed by atoms with Crippen LogP contribution in [0.5, 0.6) is 5.75 Å². The molecule has 1 aliphatic carbocycles. The normalized spacial score (nSPS) is 27.4. The van der Waals surface area contributed by atoms with Crippen molar-refractivity contribution in [2.75, 3.05) is 13.2 Å². The van der Waals surface area contributed by atoms with Crippen molar-refractivity contribution in [2.45, 2.75) is 38.1 Å². The van der Waals surface area contributed by atoms with Gasteiger partial charge in [0.2, 0.25) is 0 Å². The molecule has 2 aliphatic rings. The van der Waals surface area contributed by atoms with Gasteiger partial charge in [-0.1, -0.05) is 19.8 Å². The van der Waals surface area contributed by atoms with E-state index in [0.717, 1.165) is 19.3 Å². The van der Waals surface area contributed by atoms with Gasteiger partial charge in [0.15, 0.2) is 0 Å². The van der Waals surface area contributed by atoms with Crippen molar-refractivity contribution in [3.05, 3.63) is 30.1 Å². The molecule has 1 saturated heterocycles. The molecule has 1 saturated carbocycles. The SMILES string of the molecule is CC1CCCCC12NC(=O)N(CCOc1ccc(F)cc1)C2=O. The maximum atomic E-state index is 12.8. The first-order valence-electron chi connectivity index (χ1n) is 8.05. The Morgan fingerprint density at radius 2 is 2.04 bits per heavy atom. The number of nitrogens with zero attached hydrogens (tertiary/aromatic N) is 1. The molecule has 1 aromatic carbocycles. The van der Waals surface area contributed by atoms with Gasteiger partial charge in [0, 0.05) is 0 Å². The first-order valence-corrected chi connectivity index (χ1v) is 8.05. The third kappa shape index (κ3) is 2.90. The number of hydrogen-bond acceptors (Lipinski definition) is 3. The zero-order chi connectivity index (χ0) is 16.4. The van der Waals surface area contributed by atoms with Crippen molar-refractivity contribution in [2.24, 2.45) is 5.92 Å². The number of urea groups is 1. The van der Waals surface area contributed by atoms with Gasteiger partial charge >= 0.3 is 6.03 Å². The number of hydrogen-bond donors (Lipinski definition) is 1. The van der Waals surface area contributed by atoms with Crippen molar-refractivity contribution in [3.8, 4) is 5.75 Å². The summed E-state index contributed by atoms with van der Waals surface area (Å²) in [4.78, 5) is 26.1. The molecule has 6 heteroatoms. The second-order valence-electron chi connectivity index (χ2n) is 6.31. The molecular formula is C17H21FN2O3. The van der Waals surface area contributed by atoms with Gasteiger partial charge in [-0.2, -0.15) is 0 Å². The molecule has 1 spiro atoms. The van der Waals surface area contributed by atoms with Crippen LogP contribution >= 0.6 is 0 Å². The molecule has 1 aromatic rings. The molecule has 1 aliphatic heterocycles. The van der Waals surface area contributed by atoms with Crippen LogP contribution in [0.3, 0.4) is 0 Å². The molecule has 3 rings (SSSR count). The highest BCUT2D eigenvalue weighted by Gasteiger charge is 2.54. The minimum atomic E-state index is -0.731. The number of carbonyl (C=O) groups is 2. The van der Waals surface area contributed by atoms with E-state index in [4.69, 9.17) is 4.74 Å². The van der Waals surface area contributed by atoms with E-state index in [1.54, 1.807) is 0 Å². The van der Waals surface area contributed by atoms with Crippen molar-refractivity contribution in [1.82, 2.24) is 10.2 Å². The van der Waals surface area contributed by atoms with Crippen LogP contribution in [0.4, 0.5) is 9.18 Å². The lowest BCUT2D eigenvalue weighted by Gasteiger charge is -2.36. The lowest BCUT2D eigenvalue weighted by molar-refractivity contribution is -0.134. The van der Waals surface area contributed by atoms with Gasteiger partial charge in [-0.3, -0.25) is 9.69 Å². The molecule has 2 atom stereocenters. The third-order valence-corrected chi connectivity index (χ3v) is 4.90. The fraction of sp³-hybridized carbons (Fsp3) is 0.529. The van der Waals surface area contributed by atoms with Gasteiger partial charge in [0.25, 0.3) is 5.91 Å². The Kier molecular flexibility index (Phi) is 4.24. The van der Waals surface area contributed by atoms with E-state index >= 15 is 0 Å². The van der Waals surface area contributed by atoms with E-state index in [1.165, 1.54) is 29.2 Å². The van der Waals surface area contributed by atoms with Gasteiger partial charge in [-0.15, -0.1) is 0 Å². The Hall–Kier alpha value is -2.11. The topological polar surface area (TPSA) is 58.6 Å². The monoisotopic (exact) mass is 320 g/mol. The van der Waals surface area contributed by atoms with E-state index < -0.39 is 5.54 Å². The van der Waals surface area contributed by atoms with Crippen LogP contribution in [0.25, 0.3) is 0 Å². The molecule has 0 radical (unpaired) electrons. The summed E-state index contributed by atoms with van der Waals surface area (Å²) in [6.45, 7) is 2.40. The van der Waals surface area contributed by atoms with E-state index in [2.05, 4.69) is 5.32 Å². The Morgan fingerprint density at radius 3 is 2.74 bits per heavy atom. The van der Waals surface area contributed by atoms with Crippen molar-refractivity contribution in [3.63, 3.8) is 0 Å². The first kappa shape index (κ1) is 15.8. The number of carbonyl (C=O) groups excluding carboxylic acids is 2. The molecule has 3 amide bonds. The van der Waals surface area contributed by atoms with Crippen LogP contribution in [0, 0.1) is 11.7 Å². The number of ether oxygens (including phenoxy) is 1. The van der Waals surface area contributed by atoms with E-state index in [-0.39, 0.29) is 36.8 Å². The molecule has 1 N–H and O–H groups in total. The summed E-state index contributed by atoms with van der Waals surface area (Å²) in [5.41, 5.74) is -0.731. The number of amides is 3. The Labute approximate surface area is 134 Å². The molecule has 5 nitrogen and oxygen atoms in total. The van der Waals surface area contributed by atoms with Crippen LogP contribution in [0.2, 0.25) is 0 Å². The van der Waals surface area contributed by atoms with Crippen LogP contribution in [0.15, 0.2) is 24.3 Å². The largest absolute Gasteiger partial charge is 0.492 e. The summed E-state index contributed by atoms with van der Waals surface area (Å²) in [5, 5.41) is 2.91. The lowest BCUT2D eigenvalue weighted by atomic mass is 9.73. The highest BCUT2D eigenvalue weighted by Crippen LogP contribution is 2.38. The standard InChI is InChI=1S/C17H21FN2O3/c1-12-4-2-3-9-17(12)15(21)20(16(22)19-17)10-11-23-14-7-5-13(18)6-8-14/h5-8,12H,2-4,9-11H2,1H3,(H,19,22). The number of imide groups is 1. The molecule has 23 heavy (non-hydrogen) atoms. The van der Waals surface area contributed by atoms with Crippen LogP contribution in [0.1, 0.15) is 32.6 Å². The van der Waals surface area contributed by atoms with Crippen LogP contribution < -0.4 is 10.1 Å². The van der Waals surface area contributed by atoms with Crippen molar-refractivity contribution in [1.29, 1.82) is 0 Å². The van der Waals surface area contributed by atoms with Crippen LogP contribution in [-0.4, -0.2) is 35.5 Å². The molecule has 2 unspecified atom stereocenters. The number of nitrogens with one attached hydrogen (secondary N) is 1. The number of rotatable bonds is 4. The molecular weight excluding hydrogens is 299 g/mol. The zero-order valence-corrected chi connectivity index (χ0v) is 13.2. The molecule has 2 fully saturated rings. The fourth-order valence-electron chi connectivity index (χ4n) is 3.48. The maximum absolute atomic E-state index is 12.8. The quantitative estimate of drug-likeness (QED) is 0.868. The smallest absolute Gasteiger partial charge is 0.325 e. The predicted octanol–water partition coefficient (Wildman–Crippen LogP) is 2.71. The molecule has 0 aromatic heterocycles. The summed E-state index contributed by atoms with van der Waals surface area (Å²) >= 11 is 0. The average molecular weight is 320 g/mol. The van der Waals surface area contributed by atoms with Gasteiger partial charge in [-0.25, -0.2) is 9.18 Å². The summed E-state index contributed by atoms with van der Waals surface area (Å²) in [5.74, 6) is 0.187. The van der Waals surface area contributed by atoms with Gasteiger partial charge < -0.3 is 10.1 Å². The van der Waals surface area contributed by atoms with Crippen molar-refractivity contribution < 1.29 is 18.7 Å². The molecule has 124 valence electrons. The van der Waals surface area contributed by atoms with E-state index in [1.807, 2.05) is 6.92 Å². The minimum Gasteiger partial charge on any atom is -0.492 e. The Bertz CT molecular complexity index is 604. The summed E-state index contributed by atoms with van der Waals surface area (Å²) < 4.78 is 18.3. The van der Waals surface area contributed by atoms with Crippen LogP contribution in [-0.2, 0) is 4.79 Å². The van der Waals surface area contributed by atoms with E-state index in [9.17, 15) is 14.0 Å². The van der Waals surface area contributed by atoms with Gasteiger partial charge in [0.05, 0.1) is 6.54 Å². The first-order chi connectivity index (χ1) is 11.0. The summed E-state index contributed by atoms with van der Waals surface area (Å²) in [7, 11) is 0.